The minimum Gasteiger partial charge on any atom is -0.506 e. The van der Waals surface area contributed by atoms with Crippen LogP contribution in [-0.4, -0.2) is 47.7 Å². The molecule has 7 nitrogen and oxygen atoms in total. The van der Waals surface area contributed by atoms with Crippen LogP contribution in [0.2, 0.25) is 5.02 Å². The first-order valence-corrected chi connectivity index (χ1v) is 9.38. The number of pyridine rings is 1. The van der Waals surface area contributed by atoms with Crippen molar-refractivity contribution in [3.05, 3.63) is 41.0 Å². The first-order chi connectivity index (χ1) is 14.0. The predicted molar refractivity (Wildman–Crippen MR) is 112 cm³/mol. The molecular weight excluding hydrogens is 394 g/mol. The van der Waals surface area contributed by atoms with E-state index in [0.717, 1.165) is 27.3 Å². The van der Waals surface area contributed by atoms with Crippen molar-refractivity contribution in [2.75, 3.05) is 27.4 Å². The van der Waals surface area contributed by atoms with Crippen LogP contribution in [-0.2, 0) is 4.74 Å². The van der Waals surface area contributed by atoms with Gasteiger partial charge in [0.25, 0.3) is 0 Å². The number of benzene rings is 2. The second-order valence-corrected chi connectivity index (χ2v) is 6.99. The van der Waals surface area contributed by atoms with E-state index in [4.69, 9.17) is 30.8 Å². The molecule has 0 aliphatic rings. The third-order valence-electron chi connectivity index (χ3n) is 4.75. The van der Waals surface area contributed by atoms with E-state index in [1.165, 1.54) is 0 Å². The van der Waals surface area contributed by atoms with E-state index < -0.39 is 0 Å². The highest BCUT2D eigenvalue weighted by Crippen LogP contribution is 2.45. The average molecular weight is 414 g/mol. The second-order valence-electron chi connectivity index (χ2n) is 6.58. The quantitative estimate of drug-likeness (QED) is 0.453. The number of hydrogen-bond acceptors (Lipinski definition) is 6. The van der Waals surface area contributed by atoms with Crippen molar-refractivity contribution in [3.63, 3.8) is 0 Å². The second kappa shape index (κ2) is 7.77. The van der Waals surface area contributed by atoms with Gasteiger partial charge in [-0.3, -0.25) is 5.10 Å². The Labute approximate surface area is 172 Å². The minimum absolute atomic E-state index is 0.0185. The molecule has 0 aliphatic heterocycles. The number of H-pyrrole nitrogens is 1. The zero-order valence-corrected chi connectivity index (χ0v) is 17.0. The first kappa shape index (κ1) is 19.3. The number of ether oxygens (including phenoxy) is 3. The maximum Gasteiger partial charge on any atom is 0.169 e. The van der Waals surface area contributed by atoms with Gasteiger partial charge >= 0.3 is 0 Å². The number of phenols is 1. The summed E-state index contributed by atoms with van der Waals surface area (Å²) < 4.78 is 16.8. The average Bonchev–Trinajstić information content (AvgIpc) is 3.18. The number of halogens is 1. The summed E-state index contributed by atoms with van der Waals surface area (Å²) in [6, 6.07) is 7.02. The van der Waals surface area contributed by atoms with Crippen molar-refractivity contribution < 1.29 is 19.3 Å². The number of nitrogens with zero attached hydrogens (tertiary/aromatic N) is 2. The lowest BCUT2D eigenvalue weighted by molar-refractivity contribution is 0.144. The largest absolute Gasteiger partial charge is 0.506 e. The molecule has 0 bridgehead atoms. The maximum absolute atomic E-state index is 9.79. The number of rotatable bonds is 6. The van der Waals surface area contributed by atoms with E-state index in [2.05, 4.69) is 10.2 Å². The number of phenolic OH excluding ortho intramolecular Hbond substituents is 1. The first-order valence-electron chi connectivity index (χ1n) is 9.00. The Morgan fingerprint density at radius 1 is 1.10 bits per heavy atom. The maximum atomic E-state index is 9.79. The summed E-state index contributed by atoms with van der Waals surface area (Å²) in [7, 11) is 3.24. The lowest BCUT2D eigenvalue weighted by Crippen LogP contribution is -2.07. The molecule has 0 saturated heterocycles. The van der Waals surface area contributed by atoms with Crippen LogP contribution in [0.5, 0.6) is 17.2 Å². The molecular formula is C21H20ClN3O4. The molecule has 0 amide bonds. The predicted octanol–water partition coefficient (Wildman–Crippen LogP) is 4.48. The van der Waals surface area contributed by atoms with E-state index >= 15 is 0 Å². The zero-order valence-electron chi connectivity index (χ0n) is 16.2. The van der Waals surface area contributed by atoms with Gasteiger partial charge in [-0.15, -0.1) is 0 Å². The fraction of sp³-hybridized carbons (Fsp3) is 0.238. The van der Waals surface area contributed by atoms with Gasteiger partial charge in [-0.2, -0.15) is 5.10 Å². The Hall–Kier alpha value is -3.03. The third-order valence-corrected chi connectivity index (χ3v) is 5.05. The molecule has 0 fully saturated rings. The molecule has 0 radical (unpaired) electrons. The summed E-state index contributed by atoms with van der Waals surface area (Å²) >= 11 is 6.14. The molecule has 4 aromatic rings. The van der Waals surface area contributed by atoms with E-state index in [1.54, 1.807) is 38.6 Å². The van der Waals surface area contributed by atoms with Crippen molar-refractivity contribution in [1.82, 2.24) is 15.2 Å². The topological polar surface area (TPSA) is 89.5 Å². The normalized spacial score (nSPS) is 11.3. The molecule has 0 saturated carbocycles. The summed E-state index contributed by atoms with van der Waals surface area (Å²) in [5, 5.41) is 19.7. The van der Waals surface area contributed by atoms with E-state index in [0.29, 0.717) is 36.1 Å². The number of aryl methyl sites for hydroxylation is 1. The molecule has 150 valence electrons. The molecule has 2 heterocycles. The Balaban J connectivity index is 2.05. The molecule has 8 heteroatoms. The van der Waals surface area contributed by atoms with Gasteiger partial charge in [0.05, 0.1) is 36.0 Å². The van der Waals surface area contributed by atoms with Gasteiger partial charge in [-0.05, 0) is 36.8 Å². The van der Waals surface area contributed by atoms with Crippen LogP contribution >= 0.6 is 11.6 Å². The molecule has 2 aromatic heterocycles. The lowest BCUT2D eigenvalue weighted by atomic mass is 9.98. The van der Waals surface area contributed by atoms with Gasteiger partial charge in [0.2, 0.25) is 0 Å². The van der Waals surface area contributed by atoms with Crippen LogP contribution in [0, 0.1) is 6.92 Å². The van der Waals surface area contributed by atoms with Crippen molar-refractivity contribution >= 4 is 33.4 Å². The highest BCUT2D eigenvalue weighted by Gasteiger charge is 2.21. The molecule has 0 aliphatic carbocycles. The third kappa shape index (κ3) is 3.32. The number of aromatic hydroxyl groups is 1. The fourth-order valence-electron chi connectivity index (χ4n) is 3.42. The van der Waals surface area contributed by atoms with Crippen LogP contribution in [0.4, 0.5) is 0 Å². The van der Waals surface area contributed by atoms with Crippen molar-refractivity contribution in [1.29, 1.82) is 0 Å². The molecule has 0 unspecified atom stereocenters. The van der Waals surface area contributed by atoms with Gasteiger partial charge < -0.3 is 19.3 Å². The highest BCUT2D eigenvalue weighted by molar-refractivity contribution is 6.32. The van der Waals surface area contributed by atoms with Crippen molar-refractivity contribution in [3.8, 4) is 28.5 Å². The number of fused-ring (bicyclic) bond motifs is 3. The van der Waals surface area contributed by atoms with Crippen LogP contribution in [0.25, 0.3) is 33.1 Å². The molecule has 29 heavy (non-hydrogen) atoms. The van der Waals surface area contributed by atoms with Crippen LogP contribution in [0.15, 0.2) is 30.5 Å². The van der Waals surface area contributed by atoms with E-state index in [1.807, 2.05) is 13.0 Å². The fourth-order valence-corrected chi connectivity index (χ4v) is 3.60. The highest BCUT2D eigenvalue weighted by atomic mass is 35.5. The molecule has 0 spiro atoms. The molecule has 2 N–H and O–H groups in total. The summed E-state index contributed by atoms with van der Waals surface area (Å²) in [6.45, 7) is 2.83. The van der Waals surface area contributed by atoms with Crippen molar-refractivity contribution in [2.24, 2.45) is 0 Å². The van der Waals surface area contributed by atoms with Gasteiger partial charge in [-0.1, -0.05) is 11.6 Å². The van der Waals surface area contributed by atoms with Crippen LogP contribution in [0.1, 0.15) is 5.56 Å². The summed E-state index contributed by atoms with van der Waals surface area (Å²) in [4.78, 5) is 4.75. The summed E-state index contributed by atoms with van der Waals surface area (Å²) in [6.07, 6.45) is 1.72. The standard InChI is InChI=1S/C21H20ClN3O4/c1-11-8-13-17(20(28-3)19(11)29-7-6-27-2)14-10-23-25-21(14)24-18(13)12-4-5-16(26)15(22)9-12/h4-5,8-10,26H,6-7H2,1-3H3,(H,23,24,25). The number of aromatic nitrogens is 3. The number of hydrogen-bond donors (Lipinski definition) is 2. The van der Waals surface area contributed by atoms with Gasteiger partial charge in [0, 0.05) is 23.4 Å². The summed E-state index contributed by atoms with van der Waals surface area (Å²) in [5.41, 5.74) is 2.98. The lowest BCUT2D eigenvalue weighted by Gasteiger charge is -2.18. The number of methoxy groups -OCH3 is 2. The Bertz CT molecular complexity index is 1210. The molecule has 0 atom stereocenters. The van der Waals surface area contributed by atoms with E-state index in [9.17, 15) is 5.11 Å². The number of aromatic amines is 1. The SMILES string of the molecule is COCCOc1c(C)cc2c(-c3ccc(O)c(Cl)c3)nc3[nH]ncc3c2c1OC. The Morgan fingerprint density at radius 3 is 2.66 bits per heavy atom. The molecule has 2 aromatic carbocycles. The van der Waals surface area contributed by atoms with E-state index in [-0.39, 0.29) is 10.8 Å². The van der Waals surface area contributed by atoms with Crippen molar-refractivity contribution in [2.45, 2.75) is 6.92 Å². The number of nitrogens with one attached hydrogen (secondary N) is 1. The Kier molecular flexibility index (Phi) is 5.17. The van der Waals surface area contributed by atoms with Crippen LogP contribution < -0.4 is 9.47 Å². The zero-order chi connectivity index (χ0) is 20.5. The van der Waals surface area contributed by atoms with Gasteiger partial charge in [0.1, 0.15) is 12.4 Å². The smallest absolute Gasteiger partial charge is 0.169 e. The Morgan fingerprint density at radius 2 is 1.93 bits per heavy atom. The summed E-state index contributed by atoms with van der Waals surface area (Å²) in [5.74, 6) is 1.28. The van der Waals surface area contributed by atoms with Gasteiger partial charge in [-0.25, -0.2) is 4.98 Å². The van der Waals surface area contributed by atoms with Gasteiger partial charge in [0.15, 0.2) is 17.1 Å². The minimum atomic E-state index is 0.0185. The monoisotopic (exact) mass is 413 g/mol. The van der Waals surface area contributed by atoms with Crippen LogP contribution in [0.3, 0.4) is 0 Å². The molecule has 4 rings (SSSR count).